The molecule has 0 aromatic heterocycles. The Morgan fingerprint density at radius 1 is 1.36 bits per heavy atom. The molecule has 1 rings (SSSR count). The van der Waals surface area contributed by atoms with Gasteiger partial charge in [-0.05, 0) is 6.07 Å². The van der Waals surface area contributed by atoms with Gasteiger partial charge in [-0.15, -0.1) is 0 Å². The van der Waals surface area contributed by atoms with Crippen LogP contribution in [0.15, 0.2) is 30.8 Å². The second kappa shape index (κ2) is 5.53. The molecule has 0 aliphatic rings. The Kier molecular flexibility index (Phi) is 5.40. The van der Waals surface area contributed by atoms with Gasteiger partial charge in [-0.1, -0.05) is 30.9 Å². The normalized spacial score (nSPS) is 10.1. The van der Waals surface area contributed by atoms with Crippen LogP contribution in [0.4, 0.5) is 0 Å². The molecule has 0 aliphatic heterocycles. The Morgan fingerprint density at radius 3 is 2.43 bits per heavy atom. The Bertz CT molecular complexity index is 413. The Balaban J connectivity index is 0.00000169. The molecule has 1 aromatic rings. The molecule has 0 bridgehead atoms. The first kappa shape index (κ1) is 13.7. The molecule has 6 heteroatoms. The van der Waals surface area contributed by atoms with E-state index in [4.69, 9.17) is 4.55 Å². The molecule has 14 heavy (non-hydrogen) atoms. The first-order valence-electron chi connectivity index (χ1n) is 3.41. The Labute approximate surface area is 105 Å². The summed E-state index contributed by atoms with van der Waals surface area (Å²) in [6.07, 6.45) is 1.43. The maximum absolute atomic E-state index is 10.4. The van der Waals surface area contributed by atoms with Crippen LogP contribution in [0.1, 0.15) is 5.56 Å². The fourth-order valence-electron chi connectivity index (χ4n) is 0.839. The van der Waals surface area contributed by atoms with Crippen molar-refractivity contribution >= 4 is 46.0 Å². The molecule has 0 spiro atoms. The molecule has 0 unspecified atom stereocenters. The summed E-state index contributed by atoms with van der Waals surface area (Å²) < 4.78 is 33.4. The van der Waals surface area contributed by atoms with Crippen LogP contribution in [0.2, 0.25) is 0 Å². The summed E-state index contributed by atoms with van der Waals surface area (Å²) in [5.41, 5.74) is 0.500. The zero-order valence-corrected chi connectivity index (χ0v) is 7.49. The molecule has 0 fully saturated rings. The first-order valence-corrected chi connectivity index (χ1v) is 4.78. The predicted molar refractivity (Wildman–Crippen MR) is 55.9 cm³/mol. The van der Waals surface area contributed by atoms with Crippen molar-refractivity contribution in [3.63, 3.8) is 0 Å². The molecule has 0 aliphatic carbocycles. The maximum atomic E-state index is 10.4. The van der Waals surface area contributed by atoms with Gasteiger partial charge in [0.15, 0.2) is 5.75 Å². The van der Waals surface area contributed by atoms with Crippen molar-refractivity contribution in [1.82, 2.24) is 0 Å². The van der Waals surface area contributed by atoms with Gasteiger partial charge >= 0.3 is 40.0 Å². The standard InChI is InChI=1S/C8H8O4S.Na.H/c1-2-7-5-3-4-6-8(7)12-13(9,10)11;;/h2-6H,1H2,(H,9,10,11);;. The van der Waals surface area contributed by atoms with Crippen molar-refractivity contribution in [1.29, 1.82) is 0 Å². The molecule has 4 nitrogen and oxygen atoms in total. The summed E-state index contributed by atoms with van der Waals surface area (Å²) in [7, 11) is -4.46. The van der Waals surface area contributed by atoms with Gasteiger partial charge in [-0.3, -0.25) is 4.55 Å². The summed E-state index contributed by atoms with van der Waals surface area (Å²) >= 11 is 0. The summed E-state index contributed by atoms with van der Waals surface area (Å²) in [5.74, 6) is 0.0556. The van der Waals surface area contributed by atoms with Crippen LogP contribution in [0.25, 0.3) is 6.08 Å². The second-order valence-corrected chi connectivity index (χ2v) is 3.28. The number of hydrogen-bond acceptors (Lipinski definition) is 3. The predicted octanol–water partition coefficient (Wildman–Crippen LogP) is 0.863. The average Bonchev–Trinajstić information content (AvgIpc) is 2.02. The van der Waals surface area contributed by atoms with Gasteiger partial charge in [0.25, 0.3) is 0 Å². The quantitative estimate of drug-likeness (QED) is 0.611. The zero-order valence-electron chi connectivity index (χ0n) is 6.67. The van der Waals surface area contributed by atoms with Gasteiger partial charge in [0, 0.05) is 5.56 Å². The molecule has 1 N–H and O–H groups in total. The number of para-hydroxylation sites is 1. The summed E-state index contributed by atoms with van der Waals surface area (Å²) in [5, 5.41) is 0. The minimum absolute atomic E-state index is 0. The topological polar surface area (TPSA) is 63.6 Å². The van der Waals surface area contributed by atoms with E-state index in [0.29, 0.717) is 5.56 Å². The van der Waals surface area contributed by atoms with E-state index in [1.807, 2.05) is 0 Å². The molecule has 0 amide bonds. The molecule has 1 aromatic carbocycles. The third-order valence-electron chi connectivity index (χ3n) is 1.33. The third-order valence-corrected chi connectivity index (χ3v) is 1.72. The van der Waals surface area contributed by atoms with Crippen LogP contribution in [0, 0.1) is 0 Å². The minimum atomic E-state index is -4.46. The summed E-state index contributed by atoms with van der Waals surface area (Å²) in [6.45, 7) is 3.47. The van der Waals surface area contributed by atoms with Gasteiger partial charge in [-0.2, -0.15) is 8.42 Å². The van der Waals surface area contributed by atoms with Crippen molar-refractivity contribution in [3.8, 4) is 5.75 Å². The number of benzene rings is 1. The molecule has 0 saturated carbocycles. The van der Waals surface area contributed by atoms with Crippen LogP contribution in [0.5, 0.6) is 5.75 Å². The van der Waals surface area contributed by atoms with Crippen molar-refractivity contribution in [2.45, 2.75) is 0 Å². The average molecular weight is 224 g/mol. The Hall–Kier alpha value is -0.330. The van der Waals surface area contributed by atoms with Gasteiger partial charge in [0.2, 0.25) is 0 Å². The molecular formula is C8H9NaO4S. The van der Waals surface area contributed by atoms with Gasteiger partial charge in [0.05, 0.1) is 0 Å². The van der Waals surface area contributed by atoms with E-state index in [-0.39, 0.29) is 35.3 Å². The van der Waals surface area contributed by atoms with E-state index in [0.717, 1.165) is 0 Å². The van der Waals surface area contributed by atoms with E-state index in [1.165, 1.54) is 12.1 Å². The second-order valence-electron chi connectivity index (χ2n) is 2.25. The van der Waals surface area contributed by atoms with E-state index in [2.05, 4.69) is 10.8 Å². The van der Waals surface area contributed by atoms with E-state index < -0.39 is 10.4 Å². The molecule has 0 radical (unpaired) electrons. The fraction of sp³-hybridized carbons (Fsp3) is 0. The van der Waals surface area contributed by atoms with Crippen LogP contribution in [-0.4, -0.2) is 42.5 Å². The number of hydrogen-bond donors (Lipinski definition) is 1. The molecule has 0 saturated heterocycles. The fourth-order valence-corrected chi connectivity index (χ4v) is 1.22. The first-order chi connectivity index (χ1) is 6.03. The molecule has 72 valence electrons. The van der Waals surface area contributed by atoms with Gasteiger partial charge < -0.3 is 4.18 Å². The monoisotopic (exact) mass is 224 g/mol. The SMILES string of the molecule is C=Cc1ccccc1OS(=O)(=O)O.[NaH]. The van der Waals surface area contributed by atoms with Crippen molar-refractivity contribution in [3.05, 3.63) is 36.4 Å². The van der Waals surface area contributed by atoms with Crippen LogP contribution in [0.3, 0.4) is 0 Å². The number of rotatable bonds is 3. The van der Waals surface area contributed by atoms with Crippen LogP contribution < -0.4 is 4.18 Å². The molecule has 0 heterocycles. The van der Waals surface area contributed by atoms with Crippen molar-refractivity contribution in [2.75, 3.05) is 0 Å². The molecular weight excluding hydrogens is 215 g/mol. The third kappa shape index (κ3) is 4.26. The van der Waals surface area contributed by atoms with Gasteiger partial charge in [-0.25, -0.2) is 0 Å². The van der Waals surface area contributed by atoms with E-state index >= 15 is 0 Å². The van der Waals surface area contributed by atoms with Crippen molar-refractivity contribution in [2.24, 2.45) is 0 Å². The molecule has 0 atom stereocenters. The zero-order chi connectivity index (χ0) is 9.90. The van der Waals surface area contributed by atoms with E-state index in [1.54, 1.807) is 18.2 Å². The van der Waals surface area contributed by atoms with E-state index in [9.17, 15) is 8.42 Å². The Morgan fingerprint density at radius 2 is 1.93 bits per heavy atom. The van der Waals surface area contributed by atoms with Crippen molar-refractivity contribution < 1.29 is 17.2 Å². The van der Waals surface area contributed by atoms with Crippen LogP contribution in [-0.2, 0) is 10.4 Å². The summed E-state index contributed by atoms with van der Waals surface area (Å²) in [4.78, 5) is 0. The summed E-state index contributed by atoms with van der Waals surface area (Å²) in [6, 6.07) is 6.33. The van der Waals surface area contributed by atoms with Gasteiger partial charge in [0.1, 0.15) is 0 Å². The van der Waals surface area contributed by atoms with Crippen LogP contribution >= 0.6 is 0 Å².